The second-order valence-corrected chi connectivity index (χ2v) is 9.10. The van der Waals surface area contributed by atoms with E-state index in [1.54, 1.807) is 20.0 Å². The molecule has 1 aromatic heterocycles. The number of carboxylic acid groups (broad SMARTS) is 1. The van der Waals surface area contributed by atoms with Crippen molar-refractivity contribution in [1.29, 1.82) is 0 Å². The van der Waals surface area contributed by atoms with Crippen LogP contribution in [0.2, 0.25) is 0 Å². The van der Waals surface area contributed by atoms with Crippen molar-refractivity contribution < 1.29 is 24.2 Å². The lowest BCUT2D eigenvalue weighted by Gasteiger charge is -2.29. The number of carbonyl (C=O) groups excluding carboxylic acids is 2. The third-order valence-electron chi connectivity index (χ3n) is 6.56. The van der Waals surface area contributed by atoms with Crippen LogP contribution in [-0.2, 0) is 32.0 Å². The van der Waals surface area contributed by atoms with Crippen molar-refractivity contribution in [2.75, 3.05) is 6.61 Å². The number of esters is 1. The Kier molecular flexibility index (Phi) is 8.12. The first-order chi connectivity index (χ1) is 17.8. The molecule has 0 bridgehead atoms. The smallest absolute Gasteiger partial charge is 0.336 e. The van der Waals surface area contributed by atoms with E-state index in [2.05, 4.69) is 20.8 Å². The average molecular weight is 503 g/mol. The van der Waals surface area contributed by atoms with Crippen LogP contribution in [0.4, 0.5) is 0 Å². The number of allylic oxidation sites excluding steroid dienone is 2. The van der Waals surface area contributed by atoms with Gasteiger partial charge in [-0.25, -0.2) is 15.0 Å². The average Bonchev–Trinajstić information content (AvgIpc) is 2.88. The van der Waals surface area contributed by atoms with E-state index in [9.17, 15) is 19.5 Å². The van der Waals surface area contributed by atoms with E-state index in [0.717, 1.165) is 22.5 Å². The van der Waals surface area contributed by atoms with Crippen LogP contribution in [-0.4, -0.2) is 40.3 Å². The second kappa shape index (κ2) is 11.6. The Balaban J connectivity index is 1.41. The van der Waals surface area contributed by atoms with Crippen LogP contribution >= 0.6 is 0 Å². The standard InChI is InChI=1S/C28H30N4O5/c1-17-25(27(34)35)22(11-10-21-5-3-4-15-29-21)26(18(2)30-17)28(36)37-16-14-19-6-8-20(9-7-19)23-12-13-24(33)32-31-23/h3-9,15,22,30H,10-14,16H2,1-2H3,(H,32,33)(H,34,35). The predicted molar refractivity (Wildman–Crippen MR) is 137 cm³/mol. The number of ether oxygens (including phenoxy) is 1. The third-order valence-corrected chi connectivity index (χ3v) is 6.56. The maximum absolute atomic E-state index is 13.2. The summed E-state index contributed by atoms with van der Waals surface area (Å²) in [5, 5.41) is 17.0. The summed E-state index contributed by atoms with van der Waals surface area (Å²) in [6.07, 6.45) is 4.17. The van der Waals surface area contributed by atoms with Crippen molar-refractivity contribution in [1.82, 2.24) is 15.7 Å². The first-order valence-corrected chi connectivity index (χ1v) is 12.3. The number of hydrazone groups is 1. The molecule has 0 fully saturated rings. The number of nitrogens with zero attached hydrogens (tertiary/aromatic N) is 2. The van der Waals surface area contributed by atoms with E-state index in [1.165, 1.54) is 0 Å². The van der Waals surface area contributed by atoms with Gasteiger partial charge in [0, 0.05) is 48.5 Å². The van der Waals surface area contributed by atoms with Gasteiger partial charge in [-0.1, -0.05) is 30.3 Å². The Hall–Kier alpha value is -4.27. The van der Waals surface area contributed by atoms with Gasteiger partial charge in [-0.3, -0.25) is 9.78 Å². The highest BCUT2D eigenvalue weighted by atomic mass is 16.5. The maximum atomic E-state index is 13.2. The van der Waals surface area contributed by atoms with Crippen molar-refractivity contribution in [3.63, 3.8) is 0 Å². The Morgan fingerprint density at radius 1 is 1.03 bits per heavy atom. The molecule has 9 heteroatoms. The van der Waals surface area contributed by atoms with E-state index in [0.29, 0.717) is 49.1 Å². The predicted octanol–water partition coefficient (Wildman–Crippen LogP) is 3.27. The summed E-state index contributed by atoms with van der Waals surface area (Å²) in [6, 6.07) is 13.3. The van der Waals surface area contributed by atoms with Gasteiger partial charge >= 0.3 is 11.9 Å². The molecule has 9 nitrogen and oxygen atoms in total. The fraction of sp³-hybridized carbons (Fsp3) is 0.321. The van der Waals surface area contributed by atoms with Crippen LogP contribution < -0.4 is 10.7 Å². The molecule has 0 saturated carbocycles. The zero-order valence-corrected chi connectivity index (χ0v) is 20.9. The molecule has 1 atom stereocenters. The molecule has 2 aliphatic heterocycles. The van der Waals surface area contributed by atoms with Gasteiger partial charge in [-0.05, 0) is 49.9 Å². The summed E-state index contributed by atoms with van der Waals surface area (Å²) in [6.45, 7) is 3.63. The molecule has 0 saturated heterocycles. The number of hydrogen-bond donors (Lipinski definition) is 3. The topological polar surface area (TPSA) is 130 Å². The minimum absolute atomic E-state index is 0.0826. The maximum Gasteiger partial charge on any atom is 0.336 e. The zero-order chi connectivity index (χ0) is 26.4. The van der Waals surface area contributed by atoms with Gasteiger partial charge in [0.05, 0.1) is 23.5 Å². The fourth-order valence-electron chi connectivity index (χ4n) is 4.70. The first kappa shape index (κ1) is 25.8. The summed E-state index contributed by atoms with van der Waals surface area (Å²) in [4.78, 5) is 40.9. The van der Waals surface area contributed by atoms with Gasteiger partial charge in [0.15, 0.2) is 0 Å². The van der Waals surface area contributed by atoms with Crippen LogP contribution in [0.3, 0.4) is 0 Å². The van der Waals surface area contributed by atoms with Gasteiger partial charge in [-0.15, -0.1) is 0 Å². The Bertz CT molecular complexity index is 1280. The van der Waals surface area contributed by atoms with Gasteiger partial charge in [0.25, 0.3) is 0 Å². The van der Waals surface area contributed by atoms with Crippen molar-refractivity contribution in [2.45, 2.75) is 46.0 Å². The number of aryl methyl sites for hydroxylation is 1. The van der Waals surface area contributed by atoms with Crippen molar-refractivity contribution in [3.05, 3.63) is 88.0 Å². The number of amides is 1. The van der Waals surface area contributed by atoms with Gasteiger partial charge in [0.2, 0.25) is 5.91 Å². The largest absolute Gasteiger partial charge is 0.478 e. The van der Waals surface area contributed by atoms with Crippen LogP contribution in [0.25, 0.3) is 0 Å². The van der Waals surface area contributed by atoms with Crippen LogP contribution in [0.5, 0.6) is 0 Å². The number of nitrogens with one attached hydrogen (secondary N) is 2. The number of aliphatic carboxylic acids is 1. The minimum atomic E-state index is -1.06. The quantitative estimate of drug-likeness (QED) is 0.449. The van der Waals surface area contributed by atoms with Crippen molar-refractivity contribution in [3.8, 4) is 0 Å². The number of aromatic nitrogens is 1. The fourth-order valence-corrected chi connectivity index (χ4v) is 4.70. The number of hydrogen-bond acceptors (Lipinski definition) is 7. The number of carboxylic acids is 1. The number of benzene rings is 1. The first-order valence-electron chi connectivity index (χ1n) is 12.3. The van der Waals surface area contributed by atoms with Crippen molar-refractivity contribution >= 4 is 23.6 Å². The molecule has 0 spiro atoms. The summed E-state index contributed by atoms with van der Waals surface area (Å²) in [7, 11) is 0. The molecule has 1 aromatic carbocycles. The molecule has 2 aliphatic rings. The molecular formula is C28H30N4O5. The molecular weight excluding hydrogens is 472 g/mol. The SMILES string of the molecule is CC1=C(C(=O)O)C(CCc2ccccn2)C(C(=O)OCCc2ccc(C3=NNC(=O)CC3)cc2)=C(C)N1. The number of pyridine rings is 1. The lowest BCUT2D eigenvalue weighted by atomic mass is 9.82. The number of rotatable bonds is 9. The molecule has 0 aliphatic carbocycles. The molecule has 192 valence electrons. The molecule has 37 heavy (non-hydrogen) atoms. The summed E-state index contributed by atoms with van der Waals surface area (Å²) in [5.74, 6) is -2.27. The molecule has 3 heterocycles. The number of carbonyl (C=O) groups is 3. The Morgan fingerprint density at radius 2 is 1.78 bits per heavy atom. The highest BCUT2D eigenvalue weighted by Gasteiger charge is 2.35. The molecule has 4 rings (SSSR count). The van der Waals surface area contributed by atoms with Crippen LogP contribution in [0, 0.1) is 5.92 Å². The Labute approximate surface area is 215 Å². The van der Waals surface area contributed by atoms with Crippen molar-refractivity contribution in [2.24, 2.45) is 11.0 Å². The molecule has 1 amide bonds. The Morgan fingerprint density at radius 3 is 2.43 bits per heavy atom. The monoisotopic (exact) mass is 502 g/mol. The summed E-state index contributed by atoms with van der Waals surface area (Å²) < 4.78 is 5.62. The van der Waals surface area contributed by atoms with E-state index >= 15 is 0 Å². The number of dihydropyridines is 1. The second-order valence-electron chi connectivity index (χ2n) is 9.10. The summed E-state index contributed by atoms with van der Waals surface area (Å²) in [5.41, 5.74) is 7.72. The minimum Gasteiger partial charge on any atom is -0.478 e. The zero-order valence-electron chi connectivity index (χ0n) is 20.9. The van der Waals surface area contributed by atoms with Gasteiger partial charge in [-0.2, -0.15) is 5.10 Å². The highest BCUT2D eigenvalue weighted by molar-refractivity contribution is 6.04. The summed E-state index contributed by atoms with van der Waals surface area (Å²) >= 11 is 0. The normalized spacial score (nSPS) is 17.6. The van der Waals surface area contributed by atoms with Crippen LogP contribution in [0.1, 0.15) is 49.9 Å². The van der Waals surface area contributed by atoms with E-state index in [1.807, 2.05) is 42.5 Å². The lowest BCUT2D eigenvalue weighted by Crippen LogP contribution is -2.33. The molecule has 2 aromatic rings. The van der Waals surface area contributed by atoms with Gasteiger partial charge in [0.1, 0.15) is 0 Å². The molecule has 0 radical (unpaired) electrons. The third kappa shape index (κ3) is 6.30. The van der Waals surface area contributed by atoms with Gasteiger partial charge < -0.3 is 15.2 Å². The lowest BCUT2D eigenvalue weighted by molar-refractivity contribution is -0.139. The van der Waals surface area contributed by atoms with E-state index in [4.69, 9.17) is 4.74 Å². The van der Waals surface area contributed by atoms with E-state index in [-0.39, 0.29) is 18.1 Å². The molecule has 3 N–H and O–H groups in total. The molecule has 1 unspecified atom stereocenters. The van der Waals surface area contributed by atoms with E-state index < -0.39 is 17.9 Å². The highest BCUT2D eigenvalue weighted by Crippen LogP contribution is 2.34. The van der Waals surface area contributed by atoms with Crippen LogP contribution in [0.15, 0.2) is 76.3 Å².